The number of hydrogen-bond acceptors (Lipinski definition) is 8. The number of rotatable bonds is 7. The number of carbonyl (C=O) groups is 2. The Hall–Kier alpha value is -4.19. The van der Waals surface area contributed by atoms with Crippen molar-refractivity contribution in [3.05, 3.63) is 70.4 Å². The molecular weight excluding hydrogens is 502 g/mol. The van der Waals surface area contributed by atoms with Crippen molar-refractivity contribution in [1.82, 2.24) is 29.4 Å². The zero-order valence-corrected chi connectivity index (χ0v) is 22.8. The lowest BCUT2D eigenvalue weighted by atomic mass is 10.1. The summed E-state index contributed by atoms with van der Waals surface area (Å²) in [5.74, 6) is 0. The fourth-order valence-electron chi connectivity index (χ4n) is 4.09. The van der Waals surface area contributed by atoms with Crippen LogP contribution >= 0.6 is 0 Å². The van der Waals surface area contributed by atoms with Crippen LogP contribution < -0.4 is 10.7 Å². The second-order valence-electron chi connectivity index (χ2n) is 10.4. The Morgan fingerprint density at radius 2 is 1.87 bits per heavy atom. The predicted octanol–water partition coefficient (Wildman–Crippen LogP) is 2.66. The predicted molar refractivity (Wildman–Crippen MR) is 145 cm³/mol. The number of anilines is 1. The Balaban J connectivity index is 1.24. The summed E-state index contributed by atoms with van der Waals surface area (Å²) in [6.45, 7) is 8.84. The van der Waals surface area contributed by atoms with E-state index in [1.807, 2.05) is 33.9 Å². The molecule has 3 aromatic rings. The molecule has 2 amide bonds. The highest BCUT2D eigenvalue weighted by atomic mass is 16.6. The van der Waals surface area contributed by atoms with Gasteiger partial charge in [-0.1, -0.05) is 12.1 Å². The van der Waals surface area contributed by atoms with Crippen molar-refractivity contribution in [2.24, 2.45) is 7.05 Å². The van der Waals surface area contributed by atoms with Gasteiger partial charge in [-0.25, -0.2) is 14.3 Å². The first-order chi connectivity index (χ1) is 18.6. The molecule has 0 spiro atoms. The third-order valence-corrected chi connectivity index (χ3v) is 6.05. The van der Waals surface area contributed by atoms with Gasteiger partial charge in [0.25, 0.3) is 0 Å². The van der Waals surface area contributed by atoms with Crippen molar-refractivity contribution in [2.75, 3.05) is 44.6 Å². The molecule has 208 valence electrons. The second-order valence-corrected chi connectivity index (χ2v) is 10.4. The SMILES string of the molecule is Cn1cc(-n2ccc(=O)c(Cc3cccc(NC(=O)OCCN4CCN(C(=O)OC(C)(C)C)CC4)c3)n2)cn1. The summed E-state index contributed by atoms with van der Waals surface area (Å²) in [5.41, 5.74) is 1.83. The lowest BCUT2D eigenvalue weighted by Gasteiger charge is -2.35. The standard InChI is InChI=1S/C27H35N7O5/c1-27(2,3)39-26(37)33-12-10-32(11-13-33)14-15-38-25(36)29-21-7-5-6-20(16-21)17-23-24(35)8-9-34(30-23)22-18-28-31(4)19-22/h5-9,16,18-19H,10-15,17H2,1-4H3,(H,29,36). The molecule has 0 bridgehead atoms. The first-order valence-electron chi connectivity index (χ1n) is 12.9. The van der Waals surface area contributed by atoms with Gasteiger partial charge in [-0.3, -0.25) is 19.7 Å². The summed E-state index contributed by atoms with van der Waals surface area (Å²) in [6.07, 6.45) is 4.53. The molecular formula is C27H35N7O5. The summed E-state index contributed by atoms with van der Waals surface area (Å²) in [5, 5.41) is 11.3. The van der Waals surface area contributed by atoms with Gasteiger partial charge in [0.1, 0.15) is 23.6 Å². The van der Waals surface area contributed by atoms with Crippen LogP contribution in [0.5, 0.6) is 0 Å². The molecule has 12 heteroatoms. The maximum absolute atomic E-state index is 12.4. The molecule has 3 heterocycles. The van der Waals surface area contributed by atoms with Crippen molar-refractivity contribution in [1.29, 1.82) is 0 Å². The molecule has 2 aromatic heterocycles. The monoisotopic (exact) mass is 537 g/mol. The number of carbonyl (C=O) groups excluding carboxylic acids is 2. The van der Waals surface area contributed by atoms with E-state index >= 15 is 0 Å². The zero-order chi connectivity index (χ0) is 28.0. The topological polar surface area (TPSA) is 124 Å². The number of ether oxygens (including phenoxy) is 2. The van der Waals surface area contributed by atoms with Crippen molar-refractivity contribution in [3.8, 4) is 5.69 Å². The van der Waals surface area contributed by atoms with E-state index in [2.05, 4.69) is 20.4 Å². The number of benzene rings is 1. The van der Waals surface area contributed by atoms with Gasteiger partial charge in [-0.05, 0) is 38.5 Å². The van der Waals surface area contributed by atoms with Crippen molar-refractivity contribution in [3.63, 3.8) is 0 Å². The minimum absolute atomic E-state index is 0.167. The van der Waals surface area contributed by atoms with Crippen molar-refractivity contribution >= 4 is 17.9 Å². The summed E-state index contributed by atoms with van der Waals surface area (Å²) >= 11 is 0. The third-order valence-electron chi connectivity index (χ3n) is 6.05. The zero-order valence-electron chi connectivity index (χ0n) is 22.8. The first kappa shape index (κ1) is 27.8. The van der Waals surface area contributed by atoms with E-state index in [9.17, 15) is 14.4 Å². The Morgan fingerprint density at radius 1 is 1.10 bits per heavy atom. The highest BCUT2D eigenvalue weighted by Gasteiger charge is 2.25. The van der Waals surface area contributed by atoms with Gasteiger partial charge in [-0.2, -0.15) is 10.2 Å². The highest BCUT2D eigenvalue weighted by molar-refractivity contribution is 5.84. The fraction of sp³-hybridized carbons (Fsp3) is 0.444. The van der Waals surface area contributed by atoms with E-state index in [1.165, 1.54) is 6.07 Å². The minimum atomic E-state index is -0.559. The number of nitrogens with zero attached hydrogens (tertiary/aromatic N) is 6. The van der Waals surface area contributed by atoms with Crippen LogP contribution in [-0.2, 0) is 22.9 Å². The van der Waals surface area contributed by atoms with Gasteiger partial charge < -0.3 is 14.4 Å². The summed E-state index contributed by atoms with van der Waals surface area (Å²) in [4.78, 5) is 40.8. The van der Waals surface area contributed by atoms with E-state index < -0.39 is 11.7 Å². The number of nitrogens with one attached hydrogen (secondary N) is 1. The molecule has 1 aliphatic rings. The fourth-order valence-corrected chi connectivity index (χ4v) is 4.09. The molecule has 39 heavy (non-hydrogen) atoms. The average molecular weight is 538 g/mol. The van der Waals surface area contributed by atoms with E-state index in [1.54, 1.807) is 51.1 Å². The van der Waals surface area contributed by atoms with Crippen LogP contribution in [0.4, 0.5) is 15.3 Å². The van der Waals surface area contributed by atoms with Crippen LogP contribution in [0.1, 0.15) is 32.0 Å². The normalized spacial score (nSPS) is 14.2. The van der Waals surface area contributed by atoms with Crippen LogP contribution in [0.15, 0.2) is 53.7 Å². The van der Waals surface area contributed by atoms with Gasteiger partial charge in [0.2, 0.25) is 5.43 Å². The van der Waals surface area contributed by atoms with Gasteiger partial charge in [-0.15, -0.1) is 0 Å². The molecule has 0 saturated carbocycles. The Labute approximate surface area is 227 Å². The highest BCUT2D eigenvalue weighted by Crippen LogP contribution is 2.14. The van der Waals surface area contributed by atoms with Crippen LogP contribution in [0.3, 0.4) is 0 Å². The van der Waals surface area contributed by atoms with Gasteiger partial charge >= 0.3 is 12.2 Å². The molecule has 1 saturated heterocycles. The second kappa shape index (κ2) is 12.1. The molecule has 1 aliphatic heterocycles. The van der Waals surface area contributed by atoms with E-state index in [0.29, 0.717) is 50.5 Å². The Kier molecular flexibility index (Phi) is 8.65. The molecule has 1 N–H and O–H groups in total. The van der Waals surface area contributed by atoms with Gasteiger partial charge in [0.15, 0.2) is 0 Å². The number of amides is 2. The average Bonchev–Trinajstić information content (AvgIpc) is 3.31. The number of hydrogen-bond donors (Lipinski definition) is 1. The molecule has 0 radical (unpaired) electrons. The van der Waals surface area contributed by atoms with E-state index in [0.717, 1.165) is 11.3 Å². The summed E-state index contributed by atoms with van der Waals surface area (Å²) in [6, 6.07) is 8.70. The van der Waals surface area contributed by atoms with Crippen LogP contribution in [0.25, 0.3) is 5.69 Å². The van der Waals surface area contributed by atoms with Gasteiger partial charge in [0, 0.05) is 64.1 Å². The summed E-state index contributed by atoms with van der Waals surface area (Å²) < 4.78 is 14.1. The maximum atomic E-state index is 12.4. The van der Waals surface area contributed by atoms with Crippen LogP contribution in [0.2, 0.25) is 0 Å². The summed E-state index contributed by atoms with van der Waals surface area (Å²) in [7, 11) is 1.81. The molecule has 1 aromatic carbocycles. The first-order valence-corrected chi connectivity index (χ1v) is 12.9. The molecule has 0 atom stereocenters. The Bertz CT molecular complexity index is 1350. The number of aromatic nitrogens is 4. The molecule has 12 nitrogen and oxygen atoms in total. The van der Waals surface area contributed by atoms with Crippen LogP contribution in [0, 0.1) is 0 Å². The van der Waals surface area contributed by atoms with Crippen molar-refractivity contribution < 1.29 is 19.1 Å². The quantitative estimate of drug-likeness (QED) is 0.488. The van der Waals surface area contributed by atoms with Gasteiger partial charge in [0.05, 0.1) is 12.4 Å². The maximum Gasteiger partial charge on any atom is 0.411 e. The molecule has 0 aliphatic carbocycles. The lowest BCUT2D eigenvalue weighted by molar-refractivity contribution is 0.0133. The van der Waals surface area contributed by atoms with E-state index in [-0.39, 0.29) is 18.1 Å². The smallest absolute Gasteiger partial charge is 0.411 e. The molecule has 4 rings (SSSR count). The molecule has 0 unspecified atom stereocenters. The third kappa shape index (κ3) is 8.14. The number of piperazine rings is 1. The van der Waals surface area contributed by atoms with Crippen molar-refractivity contribution in [2.45, 2.75) is 32.8 Å². The number of aryl methyl sites for hydroxylation is 1. The lowest BCUT2D eigenvalue weighted by Crippen LogP contribution is -2.50. The Morgan fingerprint density at radius 3 is 2.56 bits per heavy atom. The molecule has 1 fully saturated rings. The van der Waals surface area contributed by atoms with E-state index in [4.69, 9.17) is 9.47 Å². The minimum Gasteiger partial charge on any atom is -0.448 e. The van der Waals surface area contributed by atoms with Crippen LogP contribution in [-0.4, -0.2) is 86.5 Å². The largest absolute Gasteiger partial charge is 0.448 e.